The van der Waals surface area contributed by atoms with E-state index in [2.05, 4.69) is 21.5 Å². The first-order valence-corrected chi connectivity index (χ1v) is 12.9. The highest BCUT2D eigenvalue weighted by molar-refractivity contribution is 7.17. The number of nitrogens with one attached hydrogen (secondary N) is 4. The number of carbonyl (C=O) groups excluding carboxylic acids is 4. The Bertz CT molecular complexity index is 1230. The molecule has 0 spiro atoms. The molecule has 0 fully saturated rings. The summed E-state index contributed by atoms with van der Waals surface area (Å²) in [7, 11) is 0. The van der Waals surface area contributed by atoms with Crippen LogP contribution in [0.5, 0.6) is 0 Å². The summed E-state index contributed by atoms with van der Waals surface area (Å²) in [5.74, 6) is -1.80. The van der Waals surface area contributed by atoms with Gasteiger partial charge in [0.2, 0.25) is 11.8 Å². The third kappa shape index (κ3) is 8.02. The second-order valence-corrected chi connectivity index (χ2v) is 9.52. The van der Waals surface area contributed by atoms with E-state index in [-0.39, 0.29) is 12.8 Å². The highest BCUT2D eigenvalue weighted by Gasteiger charge is 2.27. The summed E-state index contributed by atoms with van der Waals surface area (Å²) in [4.78, 5) is 49.8. The molecule has 0 radical (unpaired) electrons. The number of aryl methyl sites for hydroxylation is 1. The summed E-state index contributed by atoms with van der Waals surface area (Å²) >= 11 is 1.54. The fourth-order valence-electron chi connectivity index (χ4n) is 3.72. The standard InChI is InChI=1S/C26H32N6O4S/c1-2-19(27)24(34)31-32-26(36)30-20(13-12-16-8-4-3-5-9-16)25(35)29-21(23(28)33)14-17-15-37-22-11-7-6-10-18(17)22/h3-11,15,19-21H,2,12-14,27H2,1H3,(H2,28,33)(H,29,35)(H,31,34)(H2,30,32,36)/t19-,20-,21-/m0/s1. The molecule has 0 unspecified atom stereocenters. The number of rotatable bonds is 11. The molecule has 3 atom stereocenters. The van der Waals surface area contributed by atoms with Gasteiger partial charge in [0, 0.05) is 11.1 Å². The Kier molecular flexibility index (Phi) is 9.99. The molecule has 0 aliphatic heterocycles. The van der Waals surface area contributed by atoms with E-state index >= 15 is 0 Å². The first-order valence-electron chi connectivity index (χ1n) is 12.0. The molecule has 0 saturated carbocycles. The summed E-state index contributed by atoms with van der Waals surface area (Å²) in [6.45, 7) is 1.74. The number of thiophene rings is 1. The topological polar surface area (TPSA) is 168 Å². The van der Waals surface area contributed by atoms with Crippen LogP contribution < -0.4 is 33.0 Å². The minimum atomic E-state index is -1.00. The van der Waals surface area contributed by atoms with E-state index in [9.17, 15) is 19.2 Å². The molecular weight excluding hydrogens is 492 g/mol. The zero-order valence-corrected chi connectivity index (χ0v) is 21.3. The lowest BCUT2D eigenvalue weighted by Crippen LogP contribution is -2.58. The number of hydrogen-bond acceptors (Lipinski definition) is 6. The van der Waals surface area contributed by atoms with Crippen molar-refractivity contribution in [1.29, 1.82) is 0 Å². The lowest BCUT2D eigenvalue weighted by atomic mass is 10.0. The number of fused-ring (bicyclic) bond motifs is 1. The van der Waals surface area contributed by atoms with E-state index < -0.39 is 41.9 Å². The molecule has 0 aliphatic rings. The smallest absolute Gasteiger partial charge is 0.334 e. The molecule has 3 rings (SSSR count). The van der Waals surface area contributed by atoms with Crippen molar-refractivity contribution in [1.82, 2.24) is 21.5 Å². The quantitative estimate of drug-likeness (QED) is 0.209. The monoisotopic (exact) mass is 524 g/mol. The Labute approximate surface area is 219 Å². The van der Waals surface area contributed by atoms with Crippen molar-refractivity contribution in [3.05, 3.63) is 71.1 Å². The van der Waals surface area contributed by atoms with Crippen molar-refractivity contribution in [3.8, 4) is 0 Å². The molecule has 0 bridgehead atoms. The molecule has 10 nitrogen and oxygen atoms in total. The molecule has 3 aromatic rings. The van der Waals surface area contributed by atoms with Crippen molar-refractivity contribution in [3.63, 3.8) is 0 Å². The van der Waals surface area contributed by atoms with E-state index in [1.165, 1.54) is 0 Å². The van der Waals surface area contributed by atoms with Crippen molar-refractivity contribution in [2.75, 3.05) is 0 Å². The Hall–Kier alpha value is -3.96. The molecule has 5 amide bonds. The molecular formula is C26H32N6O4S. The van der Waals surface area contributed by atoms with Crippen molar-refractivity contribution >= 4 is 45.2 Å². The van der Waals surface area contributed by atoms with Gasteiger partial charge in [0.1, 0.15) is 12.1 Å². The van der Waals surface area contributed by atoms with Gasteiger partial charge in [-0.3, -0.25) is 19.8 Å². The van der Waals surface area contributed by atoms with Gasteiger partial charge in [-0.05, 0) is 47.2 Å². The summed E-state index contributed by atoms with van der Waals surface area (Å²) in [5, 5.41) is 8.19. The van der Waals surface area contributed by atoms with Crippen LogP contribution >= 0.6 is 11.3 Å². The second-order valence-electron chi connectivity index (χ2n) is 8.60. The van der Waals surface area contributed by atoms with E-state index in [1.807, 2.05) is 60.0 Å². The molecule has 1 aromatic heterocycles. The third-order valence-corrected chi connectivity index (χ3v) is 6.92. The van der Waals surface area contributed by atoms with Gasteiger partial charge in [0.05, 0.1) is 6.04 Å². The molecule has 196 valence electrons. The van der Waals surface area contributed by atoms with Crippen LogP contribution in [0.4, 0.5) is 4.79 Å². The third-order valence-electron chi connectivity index (χ3n) is 5.91. The molecule has 0 saturated heterocycles. The number of hydrazine groups is 1. The molecule has 11 heteroatoms. The Morgan fingerprint density at radius 3 is 2.30 bits per heavy atom. The number of benzene rings is 2. The summed E-state index contributed by atoms with van der Waals surface area (Å²) in [5.41, 5.74) is 17.6. The SMILES string of the molecule is CC[C@H](N)C(=O)NNC(=O)N[C@@H](CCc1ccccc1)C(=O)N[C@@H](Cc1csc2ccccc12)C(N)=O. The number of primary amides is 1. The van der Waals surface area contributed by atoms with Gasteiger partial charge < -0.3 is 22.1 Å². The maximum atomic E-state index is 13.2. The maximum Gasteiger partial charge on any atom is 0.334 e. The van der Waals surface area contributed by atoms with Gasteiger partial charge in [-0.25, -0.2) is 10.2 Å². The highest BCUT2D eigenvalue weighted by atomic mass is 32.1. The van der Waals surface area contributed by atoms with E-state index in [0.29, 0.717) is 12.8 Å². The average molecular weight is 525 g/mol. The fourth-order valence-corrected chi connectivity index (χ4v) is 4.70. The zero-order chi connectivity index (χ0) is 26.8. The van der Waals surface area contributed by atoms with Crippen LogP contribution in [0.25, 0.3) is 10.1 Å². The molecule has 8 N–H and O–H groups in total. The predicted octanol–water partition coefficient (Wildman–Crippen LogP) is 1.48. The van der Waals surface area contributed by atoms with Crippen molar-refractivity contribution in [2.45, 2.75) is 50.7 Å². The zero-order valence-electron chi connectivity index (χ0n) is 20.5. The van der Waals surface area contributed by atoms with E-state index in [1.54, 1.807) is 18.3 Å². The molecule has 0 aliphatic carbocycles. The summed E-state index contributed by atoms with van der Waals surface area (Å²) < 4.78 is 1.07. The molecule has 2 aromatic carbocycles. The number of urea groups is 1. The number of amides is 5. The van der Waals surface area contributed by atoms with Crippen LogP contribution in [0, 0.1) is 0 Å². The van der Waals surface area contributed by atoms with Gasteiger partial charge in [-0.15, -0.1) is 11.3 Å². The Morgan fingerprint density at radius 1 is 0.892 bits per heavy atom. The fraction of sp³-hybridized carbons (Fsp3) is 0.308. The lowest BCUT2D eigenvalue weighted by Gasteiger charge is -2.22. The van der Waals surface area contributed by atoms with Crippen molar-refractivity contribution in [2.24, 2.45) is 11.5 Å². The minimum absolute atomic E-state index is 0.216. The average Bonchev–Trinajstić information content (AvgIpc) is 3.31. The Balaban J connectivity index is 1.69. The van der Waals surface area contributed by atoms with Gasteiger partial charge in [0.25, 0.3) is 5.91 Å². The van der Waals surface area contributed by atoms with Gasteiger partial charge >= 0.3 is 6.03 Å². The summed E-state index contributed by atoms with van der Waals surface area (Å²) in [6.07, 6.45) is 1.35. The van der Waals surface area contributed by atoms with Gasteiger partial charge in [-0.1, -0.05) is 55.5 Å². The van der Waals surface area contributed by atoms with E-state index in [0.717, 1.165) is 21.2 Å². The van der Waals surface area contributed by atoms with Crippen molar-refractivity contribution < 1.29 is 19.2 Å². The predicted molar refractivity (Wildman–Crippen MR) is 143 cm³/mol. The van der Waals surface area contributed by atoms with Crippen LogP contribution in [-0.2, 0) is 27.2 Å². The number of carbonyl (C=O) groups is 4. The lowest BCUT2D eigenvalue weighted by molar-refractivity contribution is -0.128. The van der Waals surface area contributed by atoms with Crippen LogP contribution in [-0.4, -0.2) is 41.9 Å². The van der Waals surface area contributed by atoms with Gasteiger partial charge in [0.15, 0.2) is 0 Å². The van der Waals surface area contributed by atoms with Gasteiger partial charge in [-0.2, -0.15) is 0 Å². The first kappa shape index (κ1) is 27.6. The van der Waals surface area contributed by atoms with E-state index in [4.69, 9.17) is 11.5 Å². The van der Waals surface area contributed by atoms with Crippen LogP contribution in [0.2, 0.25) is 0 Å². The number of hydrogen-bond donors (Lipinski definition) is 6. The number of nitrogens with two attached hydrogens (primary N) is 2. The minimum Gasteiger partial charge on any atom is -0.368 e. The van der Waals surface area contributed by atoms with Crippen LogP contribution in [0.15, 0.2) is 60.0 Å². The first-order chi connectivity index (χ1) is 17.8. The summed E-state index contributed by atoms with van der Waals surface area (Å²) in [6, 6.07) is 13.7. The normalized spacial score (nSPS) is 13.2. The molecule has 1 heterocycles. The molecule has 37 heavy (non-hydrogen) atoms. The second kappa shape index (κ2) is 13.4. The van der Waals surface area contributed by atoms with Crippen LogP contribution in [0.1, 0.15) is 30.9 Å². The largest absolute Gasteiger partial charge is 0.368 e. The Morgan fingerprint density at radius 2 is 1.59 bits per heavy atom. The van der Waals surface area contributed by atoms with Crippen LogP contribution in [0.3, 0.4) is 0 Å². The maximum absolute atomic E-state index is 13.2. The highest BCUT2D eigenvalue weighted by Crippen LogP contribution is 2.26.